The van der Waals surface area contributed by atoms with Crippen molar-refractivity contribution in [1.82, 2.24) is 9.97 Å². The van der Waals surface area contributed by atoms with Gasteiger partial charge in [0.1, 0.15) is 11.6 Å². The van der Waals surface area contributed by atoms with Crippen LogP contribution in [0, 0.1) is 5.82 Å². The van der Waals surface area contributed by atoms with Crippen molar-refractivity contribution in [2.75, 3.05) is 5.73 Å². The topological polar surface area (TPSA) is 51.8 Å². The fourth-order valence-corrected chi connectivity index (χ4v) is 3.24. The van der Waals surface area contributed by atoms with E-state index in [-0.39, 0.29) is 5.82 Å². The largest absolute Gasteiger partial charge is 0.384 e. The maximum absolute atomic E-state index is 13.2. The highest BCUT2D eigenvalue weighted by atomic mass is 79.9. The number of nitrogens with zero attached hydrogens (tertiary/aromatic N) is 2. The van der Waals surface area contributed by atoms with E-state index in [0.717, 1.165) is 24.1 Å². The molecule has 0 aliphatic heterocycles. The zero-order valence-electron chi connectivity index (χ0n) is 10.9. The van der Waals surface area contributed by atoms with E-state index in [4.69, 9.17) is 5.73 Å². The van der Waals surface area contributed by atoms with Gasteiger partial charge < -0.3 is 5.73 Å². The molecule has 3 nitrogen and oxygen atoms in total. The highest BCUT2D eigenvalue weighted by Gasteiger charge is 2.20. The van der Waals surface area contributed by atoms with E-state index < -0.39 is 0 Å². The Morgan fingerprint density at radius 2 is 1.90 bits per heavy atom. The van der Waals surface area contributed by atoms with Crippen LogP contribution in [0.4, 0.5) is 10.2 Å². The van der Waals surface area contributed by atoms with Crippen molar-refractivity contribution in [2.45, 2.75) is 31.6 Å². The van der Waals surface area contributed by atoms with Crippen molar-refractivity contribution in [3.05, 3.63) is 40.2 Å². The van der Waals surface area contributed by atoms with Gasteiger partial charge in [0.2, 0.25) is 0 Å². The van der Waals surface area contributed by atoms with Crippen LogP contribution in [-0.2, 0) is 0 Å². The Balaban J connectivity index is 2.04. The number of nitrogen functional groups attached to an aromatic ring is 1. The summed E-state index contributed by atoms with van der Waals surface area (Å²) >= 11 is 3.36. The molecule has 0 bridgehead atoms. The highest BCUT2D eigenvalue weighted by Crippen LogP contribution is 2.35. The molecule has 2 aromatic rings. The fraction of sp³-hybridized carbons (Fsp3) is 0.333. The number of hydrogen-bond donors (Lipinski definition) is 1. The number of halogens is 2. The smallest absolute Gasteiger partial charge is 0.162 e. The molecule has 0 atom stereocenters. The van der Waals surface area contributed by atoms with Crippen LogP contribution in [0.1, 0.15) is 37.3 Å². The van der Waals surface area contributed by atoms with Crippen molar-refractivity contribution >= 4 is 21.7 Å². The van der Waals surface area contributed by atoms with Crippen molar-refractivity contribution in [2.24, 2.45) is 0 Å². The first-order valence-electron chi connectivity index (χ1n) is 6.73. The molecule has 5 heteroatoms. The molecule has 0 amide bonds. The van der Waals surface area contributed by atoms with E-state index in [0.29, 0.717) is 22.0 Å². The molecule has 1 aliphatic rings. The van der Waals surface area contributed by atoms with Gasteiger partial charge in [-0.15, -0.1) is 0 Å². The summed E-state index contributed by atoms with van der Waals surface area (Å²) in [5.74, 6) is 1.20. The van der Waals surface area contributed by atoms with Crippen molar-refractivity contribution < 1.29 is 4.39 Å². The lowest BCUT2D eigenvalue weighted by Gasteiger charge is -2.11. The molecule has 0 spiro atoms. The van der Waals surface area contributed by atoms with Crippen LogP contribution in [-0.4, -0.2) is 9.97 Å². The number of anilines is 1. The number of hydrogen-bond acceptors (Lipinski definition) is 3. The molecule has 0 radical (unpaired) electrons. The maximum Gasteiger partial charge on any atom is 0.162 e. The fourth-order valence-electron chi connectivity index (χ4n) is 2.71. The molecule has 20 heavy (non-hydrogen) atoms. The van der Waals surface area contributed by atoms with Crippen LogP contribution >= 0.6 is 15.9 Å². The van der Waals surface area contributed by atoms with Gasteiger partial charge >= 0.3 is 0 Å². The molecule has 1 saturated carbocycles. The molecule has 1 aromatic heterocycles. The summed E-state index contributed by atoms with van der Waals surface area (Å²) < 4.78 is 13.8. The second-order valence-electron chi connectivity index (χ2n) is 5.15. The summed E-state index contributed by atoms with van der Waals surface area (Å²) in [6, 6.07) is 6.35. The third-order valence-corrected chi connectivity index (χ3v) is 4.37. The second kappa shape index (κ2) is 5.48. The quantitative estimate of drug-likeness (QED) is 0.890. The van der Waals surface area contributed by atoms with Gasteiger partial charge in [0.15, 0.2) is 5.82 Å². The summed E-state index contributed by atoms with van der Waals surface area (Å²) in [5.41, 5.74) is 7.67. The first kappa shape index (κ1) is 13.5. The molecule has 0 saturated heterocycles. The summed E-state index contributed by atoms with van der Waals surface area (Å²) in [5, 5.41) is 0. The molecule has 104 valence electrons. The monoisotopic (exact) mass is 335 g/mol. The normalized spacial score (nSPS) is 15.7. The molecule has 1 aliphatic carbocycles. The van der Waals surface area contributed by atoms with Crippen LogP contribution < -0.4 is 5.73 Å². The Labute approximate surface area is 125 Å². The van der Waals surface area contributed by atoms with Crippen molar-refractivity contribution in [3.63, 3.8) is 0 Å². The van der Waals surface area contributed by atoms with Crippen molar-refractivity contribution in [3.8, 4) is 11.4 Å². The number of nitrogens with two attached hydrogens (primary N) is 1. The first-order valence-corrected chi connectivity index (χ1v) is 7.52. The summed E-state index contributed by atoms with van der Waals surface area (Å²) in [6.45, 7) is 0. The lowest BCUT2D eigenvalue weighted by atomic mass is 10.0. The SMILES string of the molecule is Nc1cc(C2CCCC2)nc(-c2ccc(F)cc2Br)n1. The Morgan fingerprint density at radius 1 is 1.15 bits per heavy atom. The van der Waals surface area contributed by atoms with E-state index >= 15 is 0 Å². The molecule has 1 fully saturated rings. The third kappa shape index (κ3) is 2.68. The number of benzene rings is 1. The molecule has 0 unspecified atom stereocenters. The van der Waals surface area contributed by atoms with E-state index in [1.807, 2.05) is 6.07 Å². The van der Waals surface area contributed by atoms with E-state index in [1.165, 1.54) is 25.0 Å². The van der Waals surface area contributed by atoms with Gasteiger partial charge in [-0.1, -0.05) is 12.8 Å². The molecular weight excluding hydrogens is 321 g/mol. The minimum Gasteiger partial charge on any atom is -0.384 e. The summed E-state index contributed by atoms with van der Waals surface area (Å²) in [4.78, 5) is 8.91. The summed E-state index contributed by atoms with van der Waals surface area (Å²) in [6.07, 6.45) is 4.79. The molecule has 1 heterocycles. The minimum atomic E-state index is -0.291. The third-order valence-electron chi connectivity index (χ3n) is 3.71. The second-order valence-corrected chi connectivity index (χ2v) is 6.00. The van der Waals surface area contributed by atoms with Gasteiger partial charge in [-0.3, -0.25) is 0 Å². The van der Waals surface area contributed by atoms with E-state index in [2.05, 4.69) is 25.9 Å². The standard InChI is InChI=1S/C15H15BrFN3/c16-12-7-10(17)5-6-11(12)15-19-13(8-14(18)20-15)9-3-1-2-4-9/h5-9H,1-4H2,(H2,18,19,20). The van der Waals surface area contributed by atoms with Gasteiger partial charge in [-0.25, -0.2) is 14.4 Å². The van der Waals surface area contributed by atoms with Crippen LogP contribution in [0.5, 0.6) is 0 Å². The van der Waals surface area contributed by atoms with Gasteiger partial charge in [0.05, 0.1) is 0 Å². The van der Waals surface area contributed by atoms with Crippen LogP contribution in [0.15, 0.2) is 28.7 Å². The minimum absolute atomic E-state index is 0.291. The zero-order chi connectivity index (χ0) is 14.1. The lowest BCUT2D eigenvalue weighted by molar-refractivity contribution is 0.627. The molecule has 3 rings (SSSR count). The lowest BCUT2D eigenvalue weighted by Crippen LogP contribution is -2.03. The summed E-state index contributed by atoms with van der Waals surface area (Å²) in [7, 11) is 0. The highest BCUT2D eigenvalue weighted by molar-refractivity contribution is 9.10. The van der Waals surface area contributed by atoms with Gasteiger partial charge in [-0.2, -0.15) is 0 Å². The predicted molar refractivity (Wildman–Crippen MR) is 80.7 cm³/mol. The van der Waals surface area contributed by atoms with Crippen LogP contribution in [0.2, 0.25) is 0 Å². The van der Waals surface area contributed by atoms with Crippen molar-refractivity contribution in [1.29, 1.82) is 0 Å². The van der Waals surface area contributed by atoms with Crippen LogP contribution in [0.3, 0.4) is 0 Å². The Hall–Kier alpha value is -1.49. The van der Waals surface area contributed by atoms with Gasteiger partial charge in [-0.05, 0) is 47.0 Å². The molecule has 2 N–H and O–H groups in total. The molecule has 1 aromatic carbocycles. The van der Waals surface area contributed by atoms with E-state index in [1.54, 1.807) is 6.07 Å². The average molecular weight is 336 g/mol. The molecular formula is C15H15BrFN3. The number of rotatable bonds is 2. The van der Waals surface area contributed by atoms with E-state index in [9.17, 15) is 4.39 Å². The Bertz CT molecular complexity index is 639. The van der Waals surface area contributed by atoms with Crippen LogP contribution in [0.25, 0.3) is 11.4 Å². The number of aromatic nitrogens is 2. The zero-order valence-corrected chi connectivity index (χ0v) is 12.5. The van der Waals surface area contributed by atoms with Gasteiger partial charge in [0.25, 0.3) is 0 Å². The maximum atomic E-state index is 13.2. The average Bonchev–Trinajstić information content (AvgIpc) is 2.91. The first-order chi connectivity index (χ1) is 9.63. The Morgan fingerprint density at radius 3 is 2.60 bits per heavy atom. The Kier molecular flexibility index (Phi) is 3.70. The van der Waals surface area contributed by atoms with Gasteiger partial charge in [0, 0.05) is 27.7 Å². The predicted octanol–water partition coefficient (Wildman–Crippen LogP) is 4.29.